The van der Waals surface area contributed by atoms with Crippen molar-refractivity contribution < 1.29 is 0 Å². The molecule has 0 fully saturated rings. The van der Waals surface area contributed by atoms with Gasteiger partial charge in [0.25, 0.3) is 5.56 Å². The number of nitrogens with two attached hydrogens (primary N) is 1. The van der Waals surface area contributed by atoms with Crippen molar-refractivity contribution in [3.63, 3.8) is 0 Å². The lowest BCUT2D eigenvalue weighted by atomic mass is 10.0. The number of anilines is 1. The van der Waals surface area contributed by atoms with Gasteiger partial charge in [-0.05, 0) is 12.5 Å². The number of hydrogen-bond acceptors (Lipinski definition) is 5. The van der Waals surface area contributed by atoms with Gasteiger partial charge in [0.1, 0.15) is 4.83 Å². The van der Waals surface area contributed by atoms with Crippen LogP contribution >= 0.6 is 11.3 Å². The highest BCUT2D eigenvalue weighted by atomic mass is 32.1. The summed E-state index contributed by atoms with van der Waals surface area (Å²) in [5.41, 5.74) is 7.51. The van der Waals surface area contributed by atoms with Crippen molar-refractivity contribution in [3.05, 3.63) is 58.2 Å². The lowest BCUT2D eigenvalue weighted by molar-refractivity contribution is 0.770. The molecule has 0 aliphatic rings. The third kappa shape index (κ3) is 2.86. The maximum atomic E-state index is 13.1. The Morgan fingerprint density at radius 2 is 2.12 bits per heavy atom. The summed E-state index contributed by atoms with van der Waals surface area (Å²) in [5, 5.41) is 3.81. The summed E-state index contributed by atoms with van der Waals surface area (Å²) in [4.78, 5) is 19.6. The zero-order valence-electron chi connectivity index (χ0n) is 13.6. The van der Waals surface area contributed by atoms with E-state index >= 15 is 0 Å². The molecule has 0 unspecified atom stereocenters. The fourth-order valence-electron chi connectivity index (χ4n) is 2.76. The normalized spacial score (nSPS) is 10.9. The highest BCUT2D eigenvalue weighted by Gasteiger charge is 2.19. The summed E-state index contributed by atoms with van der Waals surface area (Å²) in [7, 11) is 0. The van der Waals surface area contributed by atoms with Crippen molar-refractivity contribution in [2.24, 2.45) is 5.73 Å². The zero-order valence-corrected chi connectivity index (χ0v) is 14.4. The predicted octanol–water partition coefficient (Wildman–Crippen LogP) is 2.99. The van der Waals surface area contributed by atoms with Crippen LogP contribution in [0.2, 0.25) is 0 Å². The van der Waals surface area contributed by atoms with Crippen molar-refractivity contribution >= 4 is 27.5 Å². The standard InChI is InChI=1S/C18H20N4OS/c1-3-11-22-17(23)15-14(13-7-5-4-6-8-13)12(2)24-16(15)21-18(22)20-10-9-19/h3-8H,1,9-11,19H2,2H3,(H,20,21). The maximum absolute atomic E-state index is 13.1. The molecule has 0 bridgehead atoms. The molecule has 0 saturated carbocycles. The molecule has 0 radical (unpaired) electrons. The van der Waals surface area contributed by atoms with E-state index in [1.807, 2.05) is 37.3 Å². The largest absolute Gasteiger partial charge is 0.354 e. The van der Waals surface area contributed by atoms with Crippen molar-refractivity contribution in [2.45, 2.75) is 13.5 Å². The van der Waals surface area contributed by atoms with E-state index in [2.05, 4.69) is 16.9 Å². The molecule has 124 valence electrons. The number of allylic oxidation sites excluding steroid dienone is 1. The van der Waals surface area contributed by atoms with Crippen molar-refractivity contribution in [3.8, 4) is 11.1 Å². The zero-order chi connectivity index (χ0) is 17.1. The molecule has 0 atom stereocenters. The summed E-state index contributed by atoms with van der Waals surface area (Å²) in [6, 6.07) is 9.96. The summed E-state index contributed by atoms with van der Waals surface area (Å²) in [6.45, 7) is 7.21. The van der Waals surface area contributed by atoms with Crippen LogP contribution in [0.3, 0.4) is 0 Å². The van der Waals surface area contributed by atoms with E-state index in [9.17, 15) is 4.79 Å². The van der Waals surface area contributed by atoms with Gasteiger partial charge < -0.3 is 11.1 Å². The highest BCUT2D eigenvalue weighted by Crippen LogP contribution is 2.35. The van der Waals surface area contributed by atoms with Gasteiger partial charge in [-0.15, -0.1) is 17.9 Å². The average molecular weight is 340 g/mol. The molecule has 3 N–H and O–H groups in total. The number of thiophene rings is 1. The van der Waals surface area contributed by atoms with Crippen LogP contribution in [0.5, 0.6) is 0 Å². The van der Waals surface area contributed by atoms with Gasteiger partial charge in [0.05, 0.1) is 5.39 Å². The smallest absolute Gasteiger partial charge is 0.264 e. The molecule has 0 spiro atoms. The van der Waals surface area contributed by atoms with Gasteiger partial charge in [-0.1, -0.05) is 36.4 Å². The van der Waals surface area contributed by atoms with Crippen LogP contribution in [-0.4, -0.2) is 22.6 Å². The summed E-state index contributed by atoms with van der Waals surface area (Å²) in [5.74, 6) is 0.540. The highest BCUT2D eigenvalue weighted by molar-refractivity contribution is 7.19. The number of nitrogens with one attached hydrogen (secondary N) is 1. The van der Waals surface area contributed by atoms with Crippen LogP contribution < -0.4 is 16.6 Å². The predicted molar refractivity (Wildman–Crippen MR) is 102 cm³/mol. The first-order chi connectivity index (χ1) is 11.7. The van der Waals surface area contributed by atoms with Gasteiger partial charge in [0.2, 0.25) is 5.95 Å². The summed E-state index contributed by atoms with van der Waals surface area (Å²) >= 11 is 1.54. The minimum atomic E-state index is -0.0531. The molecule has 24 heavy (non-hydrogen) atoms. The van der Waals surface area contributed by atoms with Crippen LogP contribution in [0.4, 0.5) is 5.95 Å². The Balaban J connectivity index is 2.29. The van der Waals surface area contributed by atoms with E-state index in [1.165, 1.54) is 0 Å². The van der Waals surface area contributed by atoms with E-state index in [0.29, 0.717) is 31.0 Å². The molecule has 0 saturated heterocycles. The Bertz CT molecular complexity index is 928. The van der Waals surface area contributed by atoms with Crippen LogP contribution in [0, 0.1) is 6.92 Å². The molecular formula is C18H20N4OS. The van der Waals surface area contributed by atoms with Gasteiger partial charge in [-0.2, -0.15) is 0 Å². The molecule has 3 aromatic rings. The Kier molecular flexibility index (Phi) is 4.78. The van der Waals surface area contributed by atoms with Crippen LogP contribution in [0.15, 0.2) is 47.8 Å². The lowest BCUT2D eigenvalue weighted by Crippen LogP contribution is -2.26. The van der Waals surface area contributed by atoms with Gasteiger partial charge in [0.15, 0.2) is 0 Å². The van der Waals surface area contributed by atoms with Crippen molar-refractivity contribution in [1.82, 2.24) is 9.55 Å². The Morgan fingerprint density at radius 3 is 2.79 bits per heavy atom. The minimum absolute atomic E-state index is 0.0531. The third-order valence-electron chi connectivity index (χ3n) is 3.79. The lowest BCUT2D eigenvalue weighted by Gasteiger charge is -2.12. The third-order valence-corrected chi connectivity index (χ3v) is 4.79. The van der Waals surface area contributed by atoms with Crippen LogP contribution in [-0.2, 0) is 6.54 Å². The first-order valence-electron chi connectivity index (χ1n) is 7.81. The summed E-state index contributed by atoms with van der Waals surface area (Å²) < 4.78 is 1.61. The second kappa shape index (κ2) is 6.98. The molecule has 0 aliphatic heterocycles. The van der Waals surface area contributed by atoms with E-state index in [0.717, 1.165) is 20.8 Å². The molecule has 6 heteroatoms. The number of benzene rings is 1. The number of nitrogens with zero attached hydrogens (tertiary/aromatic N) is 2. The molecule has 5 nitrogen and oxygen atoms in total. The Labute approximate surface area is 144 Å². The van der Waals surface area contributed by atoms with Crippen molar-refractivity contribution in [1.29, 1.82) is 0 Å². The first-order valence-corrected chi connectivity index (χ1v) is 8.63. The monoisotopic (exact) mass is 340 g/mol. The van der Waals surface area contributed by atoms with E-state index in [1.54, 1.807) is 22.0 Å². The van der Waals surface area contributed by atoms with E-state index < -0.39 is 0 Å². The topological polar surface area (TPSA) is 72.9 Å². The maximum Gasteiger partial charge on any atom is 0.264 e. The minimum Gasteiger partial charge on any atom is -0.354 e. The van der Waals surface area contributed by atoms with Gasteiger partial charge in [-0.3, -0.25) is 9.36 Å². The van der Waals surface area contributed by atoms with Gasteiger partial charge in [-0.25, -0.2) is 4.98 Å². The molecule has 0 amide bonds. The number of rotatable bonds is 6. The van der Waals surface area contributed by atoms with Crippen LogP contribution in [0.1, 0.15) is 4.88 Å². The number of aryl methyl sites for hydroxylation is 1. The Morgan fingerprint density at radius 1 is 1.38 bits per heavy atom. The van der Waals surface area contributed by atoms with E-state index in [-0.39, 0.29) is 5.56 Å². The fraction of sp³-hybridized carbons (Fsp3) is 0.222. The number of hydrogen-bond donors (Lipinski definition) is 2. The van der Waals surface area contributed by atoms with Gasteiger partial charge in [0, 0.05) is 30.1 Å². The second-order valence-corrected chi connectivity index (χ2v) is 6.64. The van der Waals surface area contributed by atoms with Crippen molar-refractivity contribution in [2.75, 3.05) is 18.4 Å². The van der Waals surface area contributed by atoms with Gasteiger partial charge >= 0.3 is 0 Å². The molecule has 1 aromatic carbocycles. The van der Waals surface area contributed by atoms with E-state index in [4.69, 9.17) is 5.73 Å². The number of fused-ring (bicyclic) bond motifs is 1. The molecule has 2 aromatic heterocycles. The molecular weight excluding hydrogens is 320 g/mol. The molecule has 0 aliphatic carbocycles. The van der Waals surface area contributed by atoms with Crippen LogP contribution in [0.25, 0.3) is 21.3 Å². The molecule has 2 heterocycles. The first kappa shape index (κ1) is 16.4. The fourth-order valence-corrected chi connectivity index (χ4v) is 3.80. The SMILES string of the molecule is C=CCn1c(NCCN)nc2sc(C)c(-c3ccccc3)c2c1=O. The Hall–Kier alpha value is -2.44. The summed E-state index contributed by atoms with van der Waals surface area (Å²) in [6.07, 6.45) is 1.70. The quantitative estimate of drug-likeness (QED) is 0.677. The average Bonchev–Trinajstić information content (AvgIpc) is 2.93. The second-order valence-electron chi connectivity index (χ2n) is 5.43. The number of aromatic nitrogens is 2. The molecule has 3 rings (SSSR count).